The Morgan fingerprint density at radius 1 is 0.473 bits per heavy atom. The third kappa shape index (κ3) is 26.0. The number of nitrogens with one attached hydrogen (secondary N) is 4. The second-order valence-electron chi connectivity index (χ2n) is 17.7. The molecule has 0 radical (unpaired) electrons. The van der Waals surface area contributed by atoms with Crippen LogP contribution < -0.4 is 133 Å². The van der Waals surface area contributed by atoms with Crippen LogP contribution in [0.15, 0.2) is 107 Å². The summed E-state index contributed by atoms with van der Waals surface area (Å²) in [6.07, 6.45) is 3.29. The third-order valence-electron chi connectivity index (χ3n) is 11.6. The summed E-state index contributed by atoms with van der Waals surface area (Å²) < 4.78 is 67.9. The number of carbonyl (C=O) groups is 5. The topological polar surface area (TPSA) is 352 Å². The monoisotopic (exact) mass is 1090 g/mol. The Balaban J connectivity index is 0.00000913. The van der Waals surface area contributed by atoms with Gasteiger partial charge in [-0.15, -0.1) is 0 Å². The molecule has 0 fully saturated rings. The summed E-state index contributed by atoms with van der Waals surface area (Å²) in [7, 11) is -9.31. The van der Waals surface area contributed by atoms with Crippen molar-refractivity contribution in [3.63, 3.8) is 0 Å². The number of benzene rings is 4. The van der Waals surface area contributed by atoms with Gasteiger partial charge in [0.2, 0.25) is 23.6 Å². The Morgan fingerprint density at radius 3 is 1.18 bits per heavy atom. The first kappa shape index (κ1) is 69.1. The number of unbranched alkanes of at least 4 members (excludes halogenated alkanes) is 4. The van der Waals surface area contributed by atoms with Gasteiger partial charge in [-0.25, -0.2) is 16.8 Å². The van der Waals surface area contributed by atoms with Crippen LogP contribution >= 0.6 is 0 Å². The summed E-state index contributed by atoms with van der Waals surface area (Å²) in [4.78, 5) is 65.5. The Hall–Kier alpha value is -2.91. The smallest absolute Gasteiger partial charge is 0.744 e. The van der Waals surface area contributed by atoms with E-state index >= 15 is 0 Å². The van der Waals surface area contributed by atoms with Crippen LogP contribution in [0.1, 0.15) is 92.0 Å². The standard InChI is InChI=1S/C50H67N8O11S2.3Na/c1-33-17-19-37(20-18-33)32-46(54)58-50(63)44(56-48(61)42(52)30-36-23-27-40(28-24-36)71(67,68)69)16-10-4-8-14-38(59)13-7-3-9-15-43(49(62)57-45(53)31-34-11-5-2-6-12-34)55-47(60)41(51)29-35-21-25-39(26-22-35)70(64,65)66;;;/h5-6,11-12,17-28,41-46H,3-4,7-10,13-16,29-32,51-54H2,1H3,(H,55,60)(H,56,61)(H,57,62)(H,58,63)(H,64,65,66)(H,67,68,69);;;/q-1;3*+1/p-2. The average molecular weight is 1090 g/mol. The number of rotatable bonds is 30. The number of hydrogen-bond donors (Lipinski definition) is 8. The van der Waals surface area contributed by atoms with Gasteiger partial charge in [0.05, 0.1) is 34.2 Å². The Bertz CT molecular complexity index is 2600. The molecule has 0 aliphatic carbocycles. The molecular formula is C50H65N8Na3O11S2. The molecule has 4 aromatic rings. The van der Waals surface area contributed by atoms with Crippen LogP contribution in [0.2, 0.25) is 0 Å². The molecule has 4 rings (SSSR count). The minimum absolute atomic E-state index is 0. The molecule has 4 aromatic carbocycles. The van der Waals surface area contributed by atoms with Crippen LogP contribution in [0.5, 0.6) is 0 Å². The zero-order valence-corrected chi connectivity index (χ0v) is 50.4. The largest absolute Gasteiger partial charge is 1.00 e. The van der Waals surface area contributed by atoms with E-state index in [1.807, 2.05) is 43.3 Å². The maximum Gasteiger partial charge on any atom is 1.00 e. The van der Waals surface area contributed by atoms with Crippen LogP contribution in [0.4, 0.5) is 0 Å². The molecule has 12 N–H and O–H groups in total. The van der Waals surface area contributed by atoms with Crippen LogP contribution in [-0.4, -0.2) is 91.9 Å². The minimum Gasteiger partial charge on any atom is -0.744 e. The fraction of sp³-hybridized carbons (Fsp3) is 0.420. The van der Waals surface area contributed by atoms with Crippen molar-refractivity contribution < 1.29 is 139 Å². The van der Waals surface area contributed by atoms with E-state index < -0.39 is 90.2 Å². The minimum atomic E-state index is -4.65. The molecule has 0 aromatic heterocycles. The van der Waals surface area contributed by atoms with Gasteiger partial charge in [0.25, 0.3) is 0 Å². The zero-order chi connectivity index (χ0) is 52.1. The second kappa shape index (κ2) is 34.8. The van der Waals surface area contributed by atoms with Crippen molar-refractivity contribution in [2.24, 2.45) is 22.9 Å². The fourth-order valence-electron chi connectivity index (χ4n) is 7.65. The van der Waals surface area contributed by atoms with E-state index in [0.717, 1.165) is 41.0 Å². The molecule has 19 nitrogen and oxygen atoms in total. The number of Topliss-reactive ketones (excluding diaryl/α,β-unsaturated/α-hetero) is 1. The van der Waals surface area contributed by atoms with E-state index in [9.17, 15) is 49.9 Å². The van der Waals surface area contributed by atoms with Gasteiger partial charge in [0, 0.05) is 19.3 Å². The molecule has 0 bridgehead atoms. The number of ketones is 1. The molecule has 24 heteroatoms. The fourth-order valence-corrected chi connectivity index (χ4v) is 8.59. The van der Waals surface area contributed by atoms with Gasteiger partial charge in [0.15, 0.2) is 0 Å². The molecule has 0 spiro atoms. The van der Waals surface area contributed by atoms with Crippen molar-refractivity contribution >= 4 is 49.6 Å². The van der Waals surface area contributed by atoms with Crippen molar-refractivity contribution in [2.75, 3.05) is 0 Å². The van der Waals surface area contributed by atoms with Crippen molar-refractivity contribution in [2.45, 2.75) is 143 Å². The maximum absolute atomic E-state index is 13.5. The van der Waals surface area contributed by atoms with Crippen LogP contribution in [0.3, 0.4) is 0 Å². The maximum atomic E-state index is 13.5. The molecule has 4 amide bonds. The quantitative estimate of drug-likeness (QED) is 0.00791. The van der Waals surface area contributed by atoms with Gasteiger partial charge >= 0.3 is 88.7 Å². The zero-order valence-electron chi connectivity index (χ0n) is 42.7. The van der Waals surface area contributed by atoms with Crippen molar-refractivity contribution in [1.29, 1.82) is 0 Å². The third-order valence-corrected chi connectivity index (χ3v) is 13.3. The van der Waals surface area contributed by atoms with Crippen LogP contribution in [0.25, 0.3) is 0 Å². The SMILES string of the molecule is Cc1ccc(CC(N)NC(=O)C(CCCCCC(=O)CCCCCC(NC(=O)C(N)Cc2ccc(S(=O)(=O)[O-])cc2)C(=O)NC(N)Cc2cc[c-]cc2)NC(=O)C(N)Cc2ccc(S(=O)(=O)[O-])cc2)cc1.[Na+].[Na+].[Na+]. The number of carbonyl (C=O) groups excluding carboxylic acids is 5. The molecule has 386 valence electrons. The van der Waals surface area contributed by atoms with E-state index in [1.165, 1.54) is 24.3 Å². The molecule has 0 saturated carbocycles. The van der Waals surface area contributed by atoms with Gasteiger partial charge < -0.3 is 53.3 Å². The molecule has 0 aliphatic heterocycles. The molecule has 6 unspecified atom stereocenters. The summed E-state index contributed by atoms with van der Waals surface area (Å²) in [5, 5.41) is 11.0. The Kier molecular flexibility index (Phi) is 32.5. The second-order valence-corrected chi connectivity index (χ2v) is 20.5. The molecule has 0 saturated heterocycles. The summed E-state index contributed by atoms with van der Waals surface area (Å²) in [5.41, 5.74) is 28.8. The van der Waals surface area contributed by atoms with Gasteiger partial charge in [-0.05, 0) is 92.8 Å². The predicted octanol–water partition coefficient (Wildman–Crippen LogP) is -7.22. The number of amides is 4. The predicted molar refractivity (Wildman–Crippen MR) is 263 cm³/mol. The van der Waals surface area contributed by atoms with Crippen LogP contribution in [0, 0.1) is 13.0 Å². The average Bonchev–Trinajstić information content (AvgIpc) is 3.31. The normalized spacial score (nSPS) is 13.7. The van der Waals surface area contributed by atoms with Crippen molar-refractivity contribution in [3.05, 3.63) is 131 Å². The molecule has 74 heavy (non-hydrogen) atoms. The van der Waals surface area contributed by atoms with Gasteiger partial charge in [-0.2, -0.15) is 35.9 Å². The number of nitrogens with two attached hydrogens (primary N) is 4. The number of hydrogen-bond acceptors (Lipinski definition) is 15. The van der Waals surface area contributed by atoms with Gasteiger partial charge in [0.1, 0.15) is 38.1 Å². The summed E-state index contributed by atoms with van der Waals surface area (Å²) in [6.45, 7) is 1.95. The molecule has 0 heterocycles. The summed E-state index contributed by atoms with van der Waals surface area (Å²) in [5.74, 6) is -2.25. The van der Waals surface area contributed by atoms with E-state index in [1.54, 1.807) is 12.1 Å². The van der Waals surface area contributed by atoms with E-state index in [-0.39, 0.29) is 133 Å². The number of aryl methyl sites for hydroxylation is 1. The first-order valence-corrected chi connectivity index (χ1v) is 26.2. The Labute approximate surface area is 501 Å². The summed E-state index contributed by atoms with van der Waals surface area (Å²) >= 11 is 0. The van der Waals surface area contributed by atoms with E-state index in [0.29, 0.717) is 62.5 Å². The molecule has 6 atom stereocenters. The molecule has 0 aliphatic rings. The van der Waals surface area contributed by atoms with Crippen molar-refractivity contribution in [3.8, 4) is 0 Å². The first-order valence-electron chi connectivity index (χ1n) is 23.4. The van der Waals surface area contributed by atoms with E-state index in [2.05, 4.69) is 27.3 Å². The van der Waals surface area contributed by atoms with Gasteiger partial charge in [-0.1, -0.05) is 79.8 Å². The van der Waals surface area contributed by atoms with Gasteiger partial charge in [-0.3, -0.25) is 24.0 Å². The van der Waals surface area contributed by atoms with E-state index in [4.69, 9.17) is 22.9 Å². The summed E-state index contributed by atoms with van der Waals surface area (Å²) in [6, 6.07) is 23.5. The van der Waals surface area contributed by atoms with Crippen LogP contribution in [-0.2, 0) is 69.9 Å². The first-order chi connectivity index (χ1) is 33.6. The Morgan fingerprint density at radius 2 is 0.811 bits per heavy atom. The molecular weight excluding hydrogens is 1020 g/mol. The van der Waals surface area contributed by atoms with Crippen molar-refractivity contribution in [1.82, 2.24) is 21.3 Å².